The van der Waals surface area contributed by atoms with Crippen molar-refractivity contribution >= 4 is 11.3 Å². The molecule has 90 valence electrons. The summed E-state index contributed by atoms with van der Waals surface area (Å²) in [6, 6.07) is 2.33. The Bertz CT molecular complexity index is 281. The fraction of sp³-hybridized carbons (Fsp3) is 0.714. The molecule has 1 aliphatic carbocycles. The largest absolute Gasteiger partial charge is 0.317 e. The van der Waals surface area contributed by atoms with Crippen molar-refractivity contribution in [2.75, 3.05) is 13.1 Å². The second kappa shape index (κ2) is 6.41. The standard InChI is InChI=1S/C14H23NS/c1-2-15-10-12-6-4-3-5-7-14(12)13-8-9-16-11-13/h8-9,11-12,14-15H,2-7,10H2,1H3. The van der Waals surface area contributed by atoms with E-state index in [-0.39, 0.29) is 0 Å². The van der Waals surface area contributed by atoms with E-state index >= 15 is 0 Å². The molecule has 1 N–H and O–H groups in total. The van der Waals surface area contributed by atoms with Gasteiger partial charge in [-0.05, 0) is 60.2 Å². The Morgan fingerprint density at radius 1 is 1.31 bits per heavy atom. The summed E-state index contributed by atoms with van der Waals surface area (Å²) in [6.07, 6.45) is 7.09. The van der Waals surface area contributed by atoms with Crippen LogP contribution in [0, 0.1) is 5.92 Å². The van der Waals surface area contributed by atoms with Crippen LogP contribution in [0.4, 0.5) is 0 Å². The van der Waals surface area contributed by atoms with Gasteiger partial charge in [0.1, 0.15) is 0 Å². The van der Waals surface area contributed by atoms with Crippen molar-refractivity contribution < 1.29 is 0 Å². The van der Waals surface area contributed by atoms with Crippen LogP contribution in [-0.4, -0.2) is 13.1 Å². The summed E-state index contributed by atoms with van der Waals surface area (Å²) in [5, 5.41) is 8.12. The van der Waals surface area contributed by atoms with Gasteiger partial charge in [-0.1, -0.05) is 26.2 Å². The number of hydrogen-bond donors (Lipinski definition) is 1. The molecule has 2 atom stereocenters. The summed E-state index contributed by atoms with van der Waals surface area (Å²) in [4.78, 5) is 0. The van der Waals surface area contributed by atoms with Gasteiger partial charge in [0, 0.05) is 0 Å². The second-order valence-corrected chi connectivity index (χ2v) is 5.65. The highest BCUT2D eigenvalue weighted by Crippen LogP contribution is 2.37. The Balaban J connectivity index is 2.04. The Morgan fingerprint density at radius 2 is 2.19 bits per heavy atom. The smallest absolute Gasteiger partial charge is 0.00148 e. The third-order valence-electron chi connectivity index (χ3n) is 3.79. The molecule has 0 amide bonds. The van der Waals surface area contributed by atoms with Gasteiger partial charge >= 0.3 is 0 Å². The van der Waals surface area contributed by atoms with E-state index in [0.717, 1.165) is 18.4 Å². The van der Waals surface area contributed by atoms with Crippen molar-refractivity contribution in [2.24, 2.45) is 5.92 Å². The lowest BCUT2D eigenvalue weighted by molar-refractivity contribution is 0.379. The zero-order valence-corrected chi connectivity index (χ0v) is 11.1. The van der Waals surface area contributed by atoms with E-state index in [1.165, 1.54) is 38.6 Å². The quantitative estimate of drug-likeness (QED) is 0.780. The number of rotatable bonds is 4. The van der Waals surface area contributed by atoms with Gasteiger partial charge < -0.3 is 5.32 Å². The molecule has 1 aliphatic rings. The monoisotopic (exact) mass is 237 g/mol. The van der Waals surface area contributed by atoms with Gasteiger partial charge in [-0.25, -0.2) is 0 Å². The minimum atomic E-state index is 0.813. The summed E-state index contributed by atoms with van der Waals surface area (Å²) in [5.74, 6) is 1.67. The predicted octanol–water partition coefficient (Wildman–Crippen LogP) is 4.02. The molecule has 0 aromatic carbocycles. The van der Waals surface area contributed by atoms with Crippen LogP contribution in [0.15, 0.2) is 16.8 Å². The average molecular weight is 237 g/mol. The lowest BCUT2D eigenvalue weighted by Gasteiger charge is -2.24. The molecule has 1 heterocycles. The van der Waals surface area contributed by atoms with Crippen LogP contribution in [-0.2, 0) is 0 Å². The molecule has 1 aromatic heterocycles. The van der Waals surface area contributed by atoms with Gasteiger partial charge in [0.2, 0.25) is 0 Å². The van der Waals surface area contributed by atoms with E-state index in [4.69, 9.17) is 0 Å². The van der Waals surface area contributed by atoms with Crippen molar-refractivity contribution in [1.82, 2.24) is 5.32 Å². The lowest BCUT2D eigenvalue weighted by atomic mass is 9.83. The highest BCUT2D eigenvalue weighted by molar-refractivity contribution is 7.07. The van der Waals surface area contributed by atoms with E-state index in [1.54, 1.807) is 5.56 Å². The molecule has 1 fully saturated rings. The van der Waals surface area contributed by atoms with Gasteiger partial charge in [0.05, 0.1) is 0 Å². The Labute approximate surface area is 103 Å². The van der Waals surface area contributed by atoms with Crippen molar-refractivity contribution in [3.63, 3.8) is 0 Å². The maximum Gasteiger partial charge on any atom is -0.00148 e. The second-order valence-electron chi connectivity index (χ2n) is 4.87. The van der Waals surface area contributed by atoms with Crippen LogP contribution in [0.25, 0.3) is 0 Å². The summed E-state index contributed by atoms with van der Waals surface area (Å²) >= 11 is 1.85. The van der Waals surface area contributed by atoms with Crippen LogP contribution in [0.3, 0.4) is 0 Å². The molecule has 16 heavy (non-hydrogen) atoms. The minimum Gasteiger partial charge on any atom is -0.317 e. The Morgan fingerprint density at radius 3 is 2.94 bits per heavy atom. The molecule has 0 saturated heterocycles. The molecule has 0 bridgehead atoms. The molecule has 2 heteroatoms. The molecular formula is C14H23NS. The molecule has 1 aromatic rings. The molecule has 0 spiro atoms. The van der Waals surface area contributed by atoms with Crippen molar-refractivity contribution in [2.45, 2.75) is 44.9 Å². The van der Waals surface area contributed by atoms with E-state index in [9.17, 15) is 0 Å². The summed E-state index contributed by atoms with van der Waals surface area (Å²) in [5.41, 5.74) is 1.59. The fourth-order valence-corrected chi connectivity index (χ4v) is 3.61. The predicted molar refractivity (Wildman–Crippen MR) is 72.2 cm³/mol. The zero-order chi connectivity index (χ0) is 11.2. The van der Waals surface area contributed by atoms with Crippen LogP contribution >= 0.6 is 11.3 Å². The average Bonchev–Trinajstić information content (AvgIpc) is 2.73. The van der Waals surface area contributed by atoms with Crippen molar-refractivity contribution in [1.29, 1.82) is 0 Å². The molecule has 2 unspecified atom stereocenters. The highest BCUT2D eigenvalue weighted by atomic mass is 32.1. The van der Waals surface area contributed by atoms with Crippen LogP contribution < -0.4 is 5.32 Å². The molecule has 2 rings (SSSR count). The van der Waals surface area contributed by atoms with Crippen LogP contribution in [0.1, 0.15) is 50.5 Å². The number of hydrogen-bond acceptors (Lipinski definition) is 2. The topological polar surface area (TPSA) is 12.0 Å². The Hall–Kier alpha value is -0.340. The molecule has 1 nitrogen and oxygen atoms in total. The highest BCUT2D eigenvalue weighted by Gasteiger charge is 2.24. The van der Waals surface area contributed by atoms with Crippen LogP contribution in [0.2, 0.25) is 0 Å². The number of thiophene rings is 1. The Kier molecular flexibility index (Phi) is 4.86. The molecule has 1 saturated carbocycles. The fourth-order valence-electron chi connectivity index (χ4n) is 2.88. The van der Waals surface area contributed by atoms with Crippen molar-refractivity contribution in [3.8, 4) is 0 Å². The van der Waals surface area contributed by atoms with Gasteiger partial charge in [-0.2, -0.15) is 11.3 Å². The van der Waals surface area contributed by atoms with E-state index in [2.05, 4.69) is 29.1 Å². The van der Waals surface area contributed by atoms with Gasteiger partial charge in [-0.15, -0.1) is 0 Å². The first kappa shape index (κ1) is 12.1. The SMILES string of the molecule is CCNCC1CCCCCC1c1ccsc1. The summed E-state index contributed by atoms with van der Waals surface area (Å²) in [7, 11) is 0. The third kappa shape index (κ3) is 3.08. The molecule has 0 radical (unpaired) electrons. The normalized spacial score (nSPS) is 26.6. The van der Waals surface area contributed by atoms with Gasteiger partial charge in [0.15, 0.2) is 0 Å². The first-order valence-electron chi connectivity index (χ1n) is 6.64. The first-order chi connectivity index (χ1) is 7.92. The number of nitrogens with one attached hydrogen (secondary N) is 1. The summed E-state index contributed by atoms with van der Waals surface area (Å²) < 4.78 is 0. The van der Waals surface area contributed by atoms with Gasteiger partial charge in [-0.3, -0.25) is 0 Å². The maximum absolute atomic E-state index is 3.54. The van der Waals surface area contributed by atoms with Gasteiger partial charge in [0.25, 0.3) is 0 Å². The third-order valence-corrected chi connectivity index (χ3v) is 4.49. The molecule has 0 aliphatic heterocycles. The summed E-state index contributed by atoms with van der Waals surface area (Å²) in [6.45, 7) is 4.51. The van der Waals surface area contributed by atoms with Crippen LogP contribution in [0.5, 0.6) is 0 Å². The zero-order valence-electron chi connectivity index (χ0n) is 10.2. The molecular weight excluding hydrogens is 214 g/mol. The minimum absolute atomic E-state index is 0.813. The van der Waals surface area contributed by atoms with Crippen molar-refractivity contribution in [3.05, 3.63) is 22.4 Å². The van der Waals surface area contributed by atoms with E-state index in [0.29, 0.717) is 0 Å². The first-order valence-corrected chi connectivity index (χ1v) is 7.59. The van der Waals surface area contributed by atoms with E-state index < -0.39 is 0 Å². The maximum atomic E-state index is 3.54. The lowest BCUT2D eigenvalue weighted by Crippen LogP contribution is -2.26. The van der Waals surface area contributed by atoms with E-state index in [1.807, 2.05) is 11.3 Å².